The number of hydrogen-bond donors (Lipinski definition) is 1. The van der Waals surface area contributed by atoms with Crippen molar-refractivity contribution in [2.24, 2.45) is 5.73 Å². The Morgan fingerprint density at radius 2 is 2.06 bits per heavy atom. The monoisotopic (exact) mass is 258 g/mol. The average molecular weight is 258 g/mol. The maximum Gasteiger partial charge on any atom is 0.236 e. The van der Waals surface area contributed by atoms with Gasteiger partial charge in [-0.2, -0.15) is 0 Å². The maximum atomic E-state index is 11.8. The van der Waals surface area contributed by atoms with Crippen LogP contribution in [0.15, 0.2) is 18.2 Å². The number of hydrogen-bond acceptors (Lipinski definition) is 5. The summed E-state index contributed by atoms with van der Waals surface area (Å²) in [6, 6.07) is 4.99. The normalized spacial score (nSPS) is 13.8. The van der Waals surface area contributed by atoms with Gasteiger partial charge >= 0.3 is 0 Å². The molecule has 0 aliphatic carbocycles. The van der Waals surface area contributed by atoms with Gasteiger partial charge in [-0.15, -0.1) is 0 Å². The molecule has 7 heteroatoms. The summed E-state index contributed by atoms with van der Waals surface area (Å²) in [5.74, 6) is 1.09. The van der Waals surface area contributed by atoms with E-state index in [1.807, 2.05) is 0 Å². The first-order valence-corrected chi connectivity index (χ1v) is 6.72. The van der Waals surface area contributed by atoms with E-state index in [1.54, 1.807) is 18.2 Å². The molecule has 1 aliphatic rings. The molecule has 0 unspecified atom stereocenters. The molecule has 0 spiro atoms. The second-order valence-electron chi connectivity index (χ2n) is 3.61. The van der Waals surface area contributed by atoms with Crippen molar-refractivity contribution in [2.75, 3.05) is 30.4 Å². The Labute approximate surface area is 100.0 Å². The number of rotatable bonds is 4. The molecular formula is C10H14N2O4S. The third-order valence-corrected chi connectivity index (χ3v) is 4.31. The zero-order valence-corrected chi connectivity index (χ0v) is 10.2. The number of benzene rings is 1. The summed E-state index contributed by atoms with van der Waals surface area (Å²) in [4.78, 5) is 0. The van der Waals surface area contributed by atoms with Gasteiger partial charge in [-0.3, -0.25) is 4.31 Å². The van der Waals surface area contributed by atoms with Crippen LogP contribution < -0.4 is 19.5 Å². The van der Waals surface area contributed by atoms with Gasteiger partial charge in [-0.05, 0) is 12.1 Å². The summed E-state index contributed by atoms with van der Waals surface area (Å²) in [5.41, 5.74) is 5.80. The number of anilines is 1. The molecule has 1 aromatic rings. The highest BCUT2D eigenvalue weighted by Gasteiger charge is 2.20. The molecule has 1 heterocycles. The van der Waals surface area contributed by atoms with E-state index in [2.05, 4.69) is 0 Å². The molecule has 1 aliphatic heterocycles. The third-order valence-electron chi connectivity index (χ3n) is 2.51. The van der Waals surface area contributed by atoms with Crippen LogP contribution in [-0.2, 0) is 10.0 Å². The zero-order valence-electron chi connectivity index (χ0n) is 9.42. The minimum Gasteiger partial charge on any atom is -0.454 e. The predicted molar refractivity (Wildman–Crippen MR) is 63.8 cm³/mol. The Kier molecular flexibility index (Phi) is 3.12. The first kappa shape index (κ1) is 12.0. The van der Waals surface area contributed by atoms with Crippen LogP contribution in [0.3, 0.4) is 0 Å². The maximum absolute atomic E-state index is 11.8. The fourth-order valence-electron chi connectivity index (χ4n) is 1.53. The van der Waals surface area contributed by atoms with Crippen molar-refractivity contribution in [3.63, 3.8) is 0 Å². The molecule has 0 radical (unpaired) electrons. The molecule has 0 saturated heterocycles. The number of sulfonamides is 1. The van der Waals surface area contributed by atoms with Gasteiger partial charge in [0, 0.05) is 19.7 Å². The summed E-state index contributed by atoms with van der Waals surface area (Å²) in [7, 11) is -1.88. The fraction of sp³-hybridized carbons (Fsp3) is 0.400. The molecule has 1 aromatic carbocycles. The van der Waals surface area contributed by atoms with E-state index < -0.39 is 10.0 Å². The first-order chi connectivity index (χ1) is 8.04. The van der Waals surface area contributed by atoms with E-state index in [-0.39, 0.29) is 19.1 Å². The lowest BCUT2D eigenvalue weighted by Crippen LogP contribution is -2.31. The van der Waals surface area contributed by atoms with E-state index in [9.17, 15) is 8.42 Å². The highest BCUT2D eigenvalue weighted by atomic mass is 32.2. The van der Waals surface area contributed by atoms with Gasteiger partial charge in [-0.25, -0.2) is 8.42 Å². The van der Waals surface area contributed by atoms with Crippen molar-refractivity contribution in [2.45, 2.75) is 0 Å². The van der Waals surface area contributed by atoms with Gasteiger partial charge < -0.3 is 15.2 Å². The highest BCUT2D eigenvalue weighted by molar-refractivity contribution is 7.92. The standard InChI is InChI=1S/C10H14N2O4S/c1-12(17(13,14)5-4-11)8-2-3-9-10(6-8)16-7-15-9/h2-3,6H,4-5,7,11H2,1H3. The van der Waals surface area contributed by atoms with E-state index in [0.717, 1.165) is 0 Å². The molecule has 2 rings (SSSR count). The van der Waals surface area contributed by atoms with Gasteiger partial charge in [0.2, 0.25) is 16.8 Å². The Morgan fingerprint density at radius 3 is 2.76 bits per heavy atom. The molecule has 0 amide bonds. The van der Waals surface area contributed by atoms with Gasteiger partial charge in [0.1, 0.15) is 0 Å². The molecule has 0 aromatic heterocycles. The Balaban J connectivity index is 2.29. The van der Waals surface area contributed by atoms with Crippen LogP contribution in [0.25, 0.3) is 0 Å². The van der Waals surface area contributed by atoms with E-state index in [0.29, 0.717) is 17.2 Å². The number of nitrogens with two attached hydrogens (primary N) is 1. The second kappa shape index (κ2) is 4.42. The summed E-state index contributed by atoms with van der Waals surface area (Å²) >= 11 is 0. The quantitative estimate of drug-likeness (QED) is 0.830. The molecule has 0 fully saturated rings. The number of ether oxygens (including phenoxy) is 2. The minimum absolute atomic E-state index is 0.0854. The van der Waals surface area contributed by atoms with Crippen molar-refractivity contribution >= 4 is 15.7 Å². The van der Waals surface area contributed by atoms with Gasteiger partial charge in [0.05, 0.1) is 11.4 Å². The molecule has 94 valence electrons. The van der Waals surface area contributed by atoms with E-state index >= 15 is 0 Å². The highest BCUT2D eigenvalue weighted by Crippen LogP contribution is 2.35. The van der Waals surface area contributed by atoms with Crippen LogP contribution >= 0.6 is 0 Å². The smallest absolute Gasteiger partial charge is 0.236 e. The van der Waals surface area contributed by atoms with Crippen molar-refractivity contribution in [3.05, 3.63) is 18.2 Å². The molecule has 17 heavy (non-hydrogen) atoms. The topological polar surface area (TPSA) is 81.9 Å². The lowest BCUT2D eigenvalue weighted by Gasteiger charge is -2.19. The SMILES string of the molecule is CN(c1ccc2c(c1)OCO2)S(=O)(=O)CCN. The van der Waals surface area contributed by atoms with Crippen LogP contribution in [0, 0.1) is 0 Å². The lowest BCUT2D eigenvalue weighted by molar-refractivity contribution is 0.174. The van der Waals surface area contributed by atoms with E-state index in [1.165, 1.54) is 11.4 Å². The second-order valence-corrected chi connectivity index (χ2v) is 5.73. The number of nitrogens with zero attached hydrogens (tertiary/aromatic N) is 1. The molecule has 2 N–H and O–H groups in total. The third kappa shape index (κ3) is 2.29. The van der Waals surface area contributed by atoms with Crippen molar-refractivity contribution in [1.29, 1.82) is 0 Å². The summed E-state index contributed by atoms with van der Waals surface area (Å²) in [5, 5.41) is 0. The van der Waals surface area contributed by atoms with Crippen molar-refractivity contribution < 1.29 is 17.9 Å². The average Bonchev–Trinajstić information content (AvgIpc) is 2.74. The number of fused-ring (bicyclic) bond motifs is 1. The Hall–Kier alpha value is -1.47. The molecule has 0 saturated carbocycles. The van der Waals surface area contributed by atoms with E-state index in [4.69, 9.17) is 15.2 Å². The lowest BCUT2D eigenvalue weighted by atomic mass is 10.3. The van der Waals surface area contributed by atoms with Crippen LogP contribution in [0.1, 0.15) is 0 Å². The summed E-state index contributed by atoms with van der Waals surface area (Å²) in [6.45, 7) is 0.259. The van der Waals surface area contributed by atoms with Gasteiger partial charge in [0.15, 0.2) is 11.5 Å². The molecular weight excluding hydrogens is 244 g/mol. The molecule has 0 bridgehead atoms. The first-order valence-electron chi connectivity index (χ1n) is 5.11. The molecule has 0 atom stereocenters. The minimum atomic E-state index is -3.37. The largest absolute Gasteiger partial charge is 0.454 e. The van der Waals surface area contributed by atoms with Crippen LogP contribution in [0.4, 0.5) is 5.69 Å². The summed E-state index contributed by atoms with van der Waals surface area (Å²) < 4.78 is 35.2. The van der Waals surface area contributed by atoms with Crippen molar-refractivity contribution in [1.82, 2.24) is 0 Å². The van der Waals surface area contributed by atoms with Crippen LogP contribution in [0.2, 0.25) is 0 Å². The Bertz CT molecular complexity index is 515. The predicted octanol–water partition coefficient (Wildman–Crippen LogP) is 0.140. The van der Waals surface area contributed by atoms with Gasteiger partial charge in [0.25, 0.3) is 0 Å². The van der Waals surface area contributed by atoms with Crippen molar-refractivity contribution in [3.8, 4) is 11.5 Å². The van der Waals surface area contributed by atoms with Gasteiger partial charge in [-0.1, -0.05) is 0 Å². The zero-order chi connectivity index (χ0) is 12.5. The Morgan fingerprint density at radius 1 is 1.35 bits per heavy atom. The van der Waals surface area contributed by atoms with Crippen LogP contribution in [-0.4, -0.2) is 34.6 Å². The fourth-order valence-corrected chi connectivity index (χ4v) is 2.53. The molecule has 6 nitrogen and oxygen atoms in total. The van der Waals surface area contributed by atoms with Crippen LogP contribution in [0.5, 0.6) is 11.5 Å². The summed E-state index contributed by atoms with van der Waals surface area (Å²) in [6.07, 6.45) is 0.